The largest absolute Gasteiger partial charge is 0.456 e. The van der Waals surface area contributed by atoms with E-state index in [1.165, 1.54) is 6.33 Å². The summed E-state index contributed by atoms with van der Waals surface area (Å²) in [5, 5.41) is 15.6. The fraction of sp³-hybridized carbons (Fsp3) is 0.269. The summed E-state index contributed by atoms with van der Waals surface area (Å²) in [7, 11) is 0. The highest BCUT2D eigenvalue weighted by atomic mass is 35.5. The molecule has 5 rings (SSSR count). The van der Waals surface area contributed by atoms with Gasteiger partial charge in [0.2, 0.25) is 5.91 Å². The van der Waals surface area contributed by atoms with E-state index in [2.05, 4.69) is 20.6 Å². The third-order valence-electron chi connectivity index (χ3n) is 5.73. The van der Waals surface area contributed by atoms with Crippen LogP contribution < -0.4 is 15.4 Å². The summed E-state index contributed by atoms with van der Waals surface area (Å²) in [6.45, 7) is 1.35. The molecule has 0 spiro atoms. The molecule has 10 heteroatoms. The number of carbonyl (C=O) groups is 1. The molecule has 3 N–H and O–H groups in total. The summed E-state index contributed by atoms with van der Waals surface area (Å²) >= 11 is 6.54. The van der Waals surface area contributed by atoms with Crippen LogP contribution in [0.4, 0.5) is 17.2 Å². The second-order valence-electron chi connectivity index (χ2n) is 8.46. The number of aliphatic hydroxyl groups is 1. The maximum absolute atomic E-state index is 12.0. The second-order valence-corrected chi connectivity index (χ2v) is 8.87. The predicted molar refractivity (Wildman–Crippen MR) is 138 cm³/mol. The molecule has 0 radical (unpaired) electrons. The van der Waals surface area contributed by atoms with Crippen LogP contribution in [0.25, 0.3) is 11.0 Å². The van der Waals surface area contributed by atoms with Gasteiger partial charge in [-0.2, -0.15) is 0 Å². The van der Waals surface area contributed by atoms with Gasteiger partial charge in [0.15, 0.2) is 5.82 Å². The first kappa shape index (κ1) is 24.1. The number of aromatic nitrogens is 3. The van der Waals surface area contributed by atoms with Crippen molar-refractivity contribution in [1.29, 1.82) is 0 Å². The lowest BCUT2D eigenvalue weighted by Gasteiger charge is -2.13. The van der Waals surface area contributed by atoms with Crippen molar-refractivity contribution in [2.75, 3.05) is 30.5 Å². The molecule has 4 aromatic rings. The number of nitrogens with one attached hydrogen (secondary N) is 2. The van der Waals surface area contributed by atoms with E-state index in [-0.39, 0.29) is 18.4 Å². The van der Waals surface area contributed by atoms with Crippen LogP contribution in [-0.4, -0.2) is 45.4 Å². The molecule has 1 fully saturated rings. The predicted octanol–water partition coefficient (Wildman–Crippen LogP) is 4.98. The normalized spacial score (nSPS) is 13.1. The molecule has 0 bridgehead atoms. The Balaban J connectivity index is 1.29. The first-order valence-corrected chi connectivity index (χ1v) is 12.1. The van der Waals surface area contributed by atoms with E-state index < -0.39 is 0 Å². The van der Waals surface area contributed by atoms with Crippen LogP contribution in [0.3, 0.4) is 0 Å². The van der Waals surface area contributed by atoms with E-state index >= 15 is 0 Å². The molecule has 0 unspecified atom stereocenters. The number of carbonyl (C=O) groups excluding carboxylic acids is 1. The molecule has 2 aromatic carbocycles. The number of hydrogen-bond donors (Lipinski definition) is 3. The van der Waals surface area contributed by atoms with Gasteiger partial charge >= 0.3 is 0 Å². The molecule has 1 saturated carbocycles. The number of hydrogen-bond acceptors (Lipinski definition) is 7. The molecule has 1 aliphatic rings. The molecular formula is C26H26ClN5O4. The van der Waals surface area contributed by atoms with Crippen molar-refractivity contribution < 1.29 is 19.4 Å². The minimum Gasteiger partial charge on any atom is -0.456 e. The highest BCUT2D eigenvalue weighted by Gasteiger charge is 2.29. The molecule has 2 aromatic heterocycles. The summed E-state index contributed by atoms with van der Waals surface area (Å²) in [5.74, 6) is 1.87. The van der Waals surface area contributed by atoms with Gasteiger partial charge in [0.05, 0.1) is 30.4 Å². The lowest BCUT2D eigenvalue weighted by Crippen LogP contribution is -2.13. The Morgan fingerprint density at radius 3 is 2.81 bits per heavy atom. The van der Waals surface area contributed by atoms with E-state index in [4.69, 9.17) is 26.2 Å². The van der Waals surface area contributed by atoms with Crippen LogP contribution >= 0.6 is 11.6 Å². The first-order chi connectivity index (χ1) is 17.6. The smallest absolute Gasteiger partial charge is 0.227 e. The summed E-state index contributed by atoms with van der Waals surface area (Å²) in [5.41, 5.74) is 3.07. The lowest BCUT2D eigenvalue weighted by molar-refractivity contribution is -0.117. The van der Waals surface area contributed by atoms with E-state index in [1.54, 1.807) is 18.2 Å². The average Bonchev–Trinajstić information content (AvgIpc) is 3.65. The first-order valence-electron chi connectivity index (χ1n) is 11.7. The Labute approximate surface area is 213 Å². The fourth-order valence-electron chi connectivity index (χ4n) is 3.79. The SMILES string of the molecule is O=C(Nc1cccc(Oc2ccc(Nc3ncnc4ccn(CCOCCO)c34)cc2Cl)c1)C1CC1. The summed E-state index contributed by atoms with van der Waals surface area (Å²) in [6, 6.07) is 14.6. The molecule has 0 saturated heterocycles. The van der Waals surface area contributed by atoms with Crippen molar-refractivity contribution in [1.82, 2.24) is 14.5 Å². The topological polar surface area (TPSA) is 111 Å². The Kier molecular flexibility index (Phi) is 7.31. The zero-order chi connectivity index (χ0) is 24.9. The third kappa shape index (κ3) is 5.76. The number of benzene rings is 2. The Morgan fingerprint density at radius 1 is 1.11 bits per heavy atom. The van der Waals surface area contributed by atoms with Crippen LogP contribution in [0.1, 0.15) is 12.8 Å². The molecule has 9 nitrogen and oxygen atoms in total. The van der Waals surface area contributed by atoms with Gasteiger partial charge in [-0.15, -0.1) is 0 Å². The van der Waals surface area contributed by atoms with Crippen molar-refractivity contribution in [3.05, 3.63) is 66.1 Å². The average molecular weight is 508 g/mol. The van der Waals surface area contributed by atoms with E-state index in [0.29, 0.717) is 47.8 Å². The van der Waals surface area contributed by atoms with Crippen molar-refractivity contribution in [2.45, 2.75) is 19.4 Å². The van der Waals surface area contributed by atoms with Crippen LogP contribution in [0.5, 0.6) is 11.5 Å². The van der Waals surface area contributed by atoms with E-state index in [0.717, 1.165) is 29.6 Å². The highest BCUT2D eigenvalue weighted by Crippen LogP contribution is 2.35. The number of halogens is 1. The van der Waals surface area contributed by atoms with Crippen molar-refractivity contribution in [3.63, 3.8) is 0 Å². The monoisotopic (exact) mass is 507 g/mol. The second kappa shape index (κ2) is 10.9. The third-order valence-corrected chi connectivity index (χ3v) is 6.03. The maximum atomic E-state index is 12.0. The van der Waals surface area contributed by atoms with Crippen molar-refractivity contribution in [2.24, 2.45) is 5.92 Å². The number of aliphatic hydroxyl groups excluding tert-OH is 1. The number of ether oxygens (including phenoxy) is 2. The molecule has 36 heavy (non-hydrogen) atoms. The standard InChI is InChI=1S/C26H26ClN5O4/c27-21-15-19(30-25-24-22(28-16-29-25)8-9-32(24)10-12-35-13-11-33)6-7-23(21)36-20-3-1-2-18(14-20)31-26(34)17-4-5-17/h1-3,6-9,14-17,33H,4-5,10-13H2,(H,31,34)(H,28,29,30). The highest BCUT2D eigenvalue weighted by molar-refractivity contribution is 6.32. The quantitative estimate of drug-likeness (QED) is 0.245. The van der Waals surface area contributed by atoms with Crippen LogP contribution in [0.15, 0.2) is 61.1 Å². The molecule has 0 aliphatic heterocycles. The number of anilines is 3. The number of nitrogens with zero attached hydrogens (tertiary/aromatic N) is 3. The van der Waals surface area contributed by atoms with Gasteiger partial charge in [0.25, 0.3) is 0 Å². The molecule has 1 aliphatic carbocycles. The van der Waals surface area contributed by atoms with Gasteiger partial charge < -0.3 is 29.8 Å². The van der Waals surface area contributed by atoms with Gasteiger partial charge in [0.1, 0.15) is 23.3 Å². The number of fused-ring (bicyclic) bond motifs is 1. The number of rotatable bonds is 11. The zero-order valence-corrected chi connectivity index (χ0v) is 20.2. The molecule has 0 atom stereocenters. The fourth-order valence-corrected chi connectivity index (χ4v) is 4.01. The van der Waals surface area contributed by atoms with Crippen molar-refractivity contribution >= 4 is 45.7 Å². The van der Waals surface area contributed by atoms with E-state index in [9.17, 15) is 4.79 Å². The summed E-state index contributed by atoms with van der Waals surface area (Å²) in [4.78, 5) is 20.8. The van der Waals surface area contributed by atoms with Gasteiger partial charge in [-0.3, -0.25) is 4.79 Å². The van der Waals surface area contributed by atoms with E-state index in [1.807, 2.05) is 41.1 Å². The summed E-state index contributed by atoms with van der Waals surface area (Å²) < 4.78 is 13.4. The van der Waals surface area contributed by atoms with Crippen molar-refractivity contribution in [3.8, 4) is 11.5 Å². The molecule has 2 heterocycles. The molecule has 186 valence electrons. The number of amides is 1. The maximum Gasteiger partial charge on any atom is 0.227 e. The van der Waals surface area contributed by atoms with Gasteiger partial charge in [-0.1, -0.05) is 17.7 Å². The van der Waals surface area contributed by atoms with Crippen LogP contribution in [0.2, 0.25) is 5.02 Å². The zero-order valence-electron chi connectivity index (χ0n) is 19.5. The Morgan fingerprint density at radius 2 is 2.00 bits per heavy atom. The Bertz CT molecular complexity index is 1370. The lowest BCUT2D eigenvalue weighted by atomic mass is 10.2. The minimum absolute atomic E-state index is 0.00870. The van der Waals surface area contributed by atoms with Gasteiger partial charge in [-0.05, 0) is 49.2 Å². The molecular weight excluding hydrogens is 482 g/mol. The van der Waals surface area contributed by atoms with Crippen LogP contribution in [0, 0.1) is 5.92 Å². The van der Waals surface area contributed by atoms with Crippen LogP contribution in [-0.2, 0) is 16.1 Å². The Hall–Kier alpha value is -3.66. The van der Waals surface area contributed by atoms with Gasteiger partial charge in [0, 0.05) is 36.1 Å². The minimum atomic E-state index is -0.00870. The molecule has 1 amide bonds. The summed E-state index contributed by atoms with van der Waals surface area (Å²) in [6.07, 6.45) is 5.33. The van der Waals surface area contributed by atoms with Gasteiger partial charge in [-0.25, -0.2) is 9.97 Å².